The van der Waals surface area contributed by atoms with Crippen LogP contribution >= 0.6 is 11.3 Å². The summed E-state index contributed by atoms with van der Waals surface area (Å²) in [5, 5.41) is 5.53. The molecule has 146 valence electrons. The van der Waals surface area contributed by atoms with Crippen molar-refractivity contribution in [2.75, 3.05) is 10.2 Å². The van der Waals surface area contributed by atoms with Crippen LogP contribution in [0.1, 0.15) is 62.8 Å². The Morgan fingerprint density at radius 3 is 2.82 bits per heavy atom. The molecular weight excluding hydrogens is 368 g/mol. The molecule has 2 aliphatic rings. The first-order chi connectivity index (χ1) is 13.7. The molecule has 1 amide bonds. The van der Waals surface area contributed by atoms with Crippen molar-refractivity contribution in [3.8, 4) is 0 Å². The van der Waals surface area contributed by atoms with E-state index in [0.29, 0.717) is 12.8 Å². The molecule has 1 N–H and O–H groups in total. The smallest absolute Gasteiger partial charge is 0.227 e. The number of ketones is 1. The maximum Gasteiger partial charge on any atom is 0.227 e. The number of hydrogen-bond acceptors (Lipinski definition) is 4. The molecule has 1 aliphatic carbocycles. The van der Waals surface area contributed by atoms with E-state index in [1.165, 1.54) is 0 Å². The molecule has 0 fully saturated rings. The van der Waals surface area contributed by atoms with E-state index in [-0.39, 0.29) is 17.7 Å². The summed E-state index contributed by atoms with van der Waals surface area (Å²) in [5.74, 6) is 0.250. The number of nitrogens with zero attached hydrogens (tertiary/aromatic N) is 1. The Morgan fingerprint density at radius 1 is 1.18 bits per heavy atom. The molecule has 1 aromatic carbocycles. The van der Waals surface area contributed by atoms with Crippen molar-refractivity contribution in [1.82, 2.24) is 0 Å². The molecule has 28 heavy (non-hydrogen) atoms. The Hall–Kier alpha value is -2.40. The van der Waals surface area contributed by atoms with E-state index in [9.17, 15) is 9.59 Å². The van der Waals surface area contributed by atoms with Crippen LogP contribution in [0.5, 0.6) is 0 Å². The quantitative estimate of drug-likeness (QED) is 0.649. The molecule has 1 aliphatic heterocycles. The predicted molar refractivity (Wildman–Crippen MR) is 115 cm³/mol. The van der Waals surface area contributed by atoms with Crippen LogP contribution in [0.4, 0.5) is 11.4 Å². The second-order valence-electron chi connectivity index (χ2n) is 7.45. The number of nitrogens with one attached hydrogen (secondary N) is 1. The standard InChI is InChI=1S/C23H26N2O2S/c1-2-3-4-14-21(27)25-18-11-6-5-9-16(18)24-17-10-7-12-19(26)22(17)23(25)20-13-8-15-28-20/h5-6,8-9,11,13,15,23-24H,2-4,7,10,12,14H2,1H3/t23-/m1/s1. The number of thiophene rings is 1. The van der Waals surface area contributed by atoms with Gasteiger partial charge in [-0.25, -0.2) is 0 Å². The van der Waals surface area contributed by atoms with Crippen molar-refractivity contribution in [2.45, 2.75) is 57.9 Å². The van der Waals surface area contributed by atoms with Crippen LogP contribution in [0.15, 0.2) is 53.0 Å². The highest BCUT2D eigenvalue weighted by Crippen LogP contribution is 2.46. The van der Waals surface area contributed by atoms with E-state index < -0.39 is 0 Å². The summed E-state index contributed by atoms with van der Waals surface area (Å²) in [4.78, 5) is 29.4. The van der Waals surface area contributed by atoms with Crippen molar-refractivity contribution < 1.29 is 9.59 Å². The lowest BCUT2D eigenvalue weighted by atomic mass is 9.88. The minimum atomic E-state index is -0.340. The van der Waals surface area contributed by atoms with E-state index in [1.807, 2.05) is 46.7 Å². The number of Topliss-reactive ketones (excluding diaryl/α,β-unsaturated/α-hetero) is 1. The predicted octanol–water partition coefficient (Wildman–Crippen LogP) is 5.84. The molecule has 4 nitrogen and oxygen atoms in total. The third kappa shape index (κ3) is 3.51. The van der Waals surface area contributed by atoms with E-state index in [4.69, 9.17) is 0 Å². The van der Waals surface area contributed by atoms with Gasteiger partial charge >= 0.3 is 0 Å². The molecule has 2 heterocycles. The van der Waals surface area contributed by atoms with Crippen LogP contribution in [-0.4, -0.2) is 11.7 Å². The van der Waals surface area contributed by atoms with Crippen LogP contribution in [0.25, 0.3) is 0 Å². The highest BCUT2D eigenvalue weighted by atomic mass is 32.1. The number of anilines is 2. The average molecular weight is 395 g/mol. The molecule has 5 heteroatoms. The van der Waals surface area contributed by atoms with Gasteiger partial charge in [0, 0.05) is 29.0 Å². The zero-order valence-corrected chi connectivity index (χ0v) is 17.1. The van der Waals surface area contributed by atoms with Gasteiger partial charge in [-0.05, 0) is 42.8 Å². The first-order valence-electron chi connectivity index (χ1n) is 10.2. The molecule has 0 spiro atoms. The monoisotopic (exact) mass is 394 g/mol. The zero-order valence-electron chi connectivity index (χ0n) is 16.2. The lowest BCUT2D eigenvalue weighted by Gasteiger charge is -2.33. The zero-order chi connectivity index (χ0) is 19.5. The van der Waals surface area contributed by atoms with Crippen molar-refractivity contribution >= 4 is 34.4 Å². The molecule has 0 unspecified atom stereocenters. The largest absolute Gasteiger partial charge is 0.357 e. The number of fused-ring (bicyclic) bond motifs is 1. The number of para-hydroxylation sites is 2. The van der Waals surface area contributed by atoms with E-state index >= 15 is 0 Å². The number of allylic oxidation sites excluding steroid dienone is 1. The van der Waals surface area contributed by atoms with Crippen molar-refractivity contribution in [2.24, 2.45) is 0 Å². The first-order valence-corrected chi connectivity index (χ1v) is 11.1. The summed E-state index contributed by atoms with van der Waals surface area (Å²) in [6, 6.07) is 11.6. The van der Waals surface area contributed by atoms with Gasteiger partial charge in [0.25, 0.3) is 0 Å². The molecule has 0 radical (unpaired) electrons. The summed E-state index contributed by atoms with van der Waals surface area (Å²) in [7, 11) is 0. The third-order valence-electron chi connectivity index (χ3n) is 5.51. The molecule has 1 aromatic heterocycles. The molecule has 1 atom stereocenters. The minimum Gasteiger partial charge on any atom is -0.357 e. The summed E-state index contributed by atoms with van der Waals surface area (Å²) < 4.78 is 0. The van der Waals surface area contributed by atoms with Crippen molar-refractivity contribution in [3.63, 3.8) is 0 Å². The van der Waals surface area contributed by atoms with Crippen molar-refractivity contribution in [1.29, 1.82) is 0 Å². The Kier molecular flexibility index (Phi) is 5.62. The summed E-state index contributed by atoms with van der Waals surface area (Å²) in [6.07, 6.45) is 5.74. The van der Waals surface area contributed by atoms with Crippen molar-refractivity contribution in [3.05, 3.63) is 57.9 Å². The van der Waals surface area contributed by atoms with Gasteiger partial charge in [0.15, 0.2) is 5.78 Å². The van der Waals surface area contributed by atoms with Gasteiger partial charge in [0.2, 0.25) is 5.91 Å². The fraction of sp³-hybridized carbons (Fsp3) is 0.391. The van der Waals surface area contributed by atoms with Crippen LogP contribution in [0, 0.1) is 0 Å². The number of unbranched alkanes of at least 4 members (excludes halogenated alkanes) is 2. The third-order valence-corrected chi connectivity index (χ3v) is 6.44. The van der Waals surface area contributed by atoms with Crippen LogP contribution in [0.2, 0.25) is 0 Å². The molecule has 4 rings (SSSR count). The Balaban J connectivity index is 1.87. The lowest BCUT2D eigenvalue weighted by Crippen LogP contribution is -2.37. The molecule has 0 bridgehead atoms. The molecule has 0 saturated carbocycles. The Morgan fingerprint density at radius 2 is 2.04 bits per heavy atom. The normalized spacial score (nSPS) is 19.0. The van der Waals surface area contributed by atoms with Gasteiger partial charge in [0.1, 0.15) is 6.04 Å². The summed E-state index contributed by atoms with van der Waals surface area (Å²) in [5.41, 5.74) is 3.52. The second-order valence-corrected chi connectivity index (χ2v) is 8.43. The fourth-order valence-electron chi connectivity index (χ4n) is 4.17. The highest BCUT2D eigenvalue weighted by Gasteiger charge is 2.39. The Bertz CT molecular complexity index is 901. The average Bonchev–Trinajstić information content (AvgIpc) is 3.17. The van der Waals surface area contributed by atoms with Crippen LogP contribution in [0.3, 0.4) is 0 Å². The second kappa shape index (κ2) is 8.31. The fourth-order valence-corrected chi connectivity index (χ4v) is 5.00. The van der Waals surface area contributed by atoms with Crippen LogP contribution in [-0.2, 0) is 9.59 Å². The number of rotatable bonds is 5. The van der Waals surface area contributed by atoms with Gasteiger partial charge in [-0.15, -0.1) is 11.3 Å². The number of benzene rings is 1. The summed E-state index contributed by atoms with van der Waals surface area (Å²) in [6.45, 7) is 2.14. The Labute approximate surface area is 170 Å². The number of carbonyl (C=O) groups excluding carboxylic acids is 2. The number of amides is 1. The van der Waals surface area contributed by atoms with E-state index in [2.05, 4.69) is 12.2 Å². The summed E-state index contributed by atoms with van der Waals surface area (Å²) >= 11 is 1.61. The minimum absolute atomic E-state index is 0.0909. The van der Waals surface area contributed by atoms with Gasteiger partial charge in [-0.1, -0.05) is 38.0 Å². The molecule has 2 aromatic rings. The van der Waals surface area contributed by atoms with Gasteiger partial charge < -0.3 is 5.32 Å². The molecular formula is C23H26N2O2S. The topological polar surface area (TPSA) is 49.4 Å². The lowest BCUT2D eigenvalue weighted by molar-refractivity contribution is -0.119. The van der Waals surface area contributed by atoms with Crippen LogP contribution < -0.4 is 10.2 Å². The van der Waals surface area contributed by atoms with E-state index in [0.717, 1.165) is 59.6 Å². The molecule has 0 saturated heterocycles. The first kappa shape index (κ1) is 18.9. The van der Waals surface area contributed by atoms with E-state index in [1.54, 1.807) is 11.3 Å². The SMILES string of the molecule is CCCCCC(=O)N1c2ccccc2NC2=C(C(=O)CCC2)[C@H]1c1cccs1. The number of hydrogen-bond donors (Lipinski definition) is 1. The van der Waals surface area contributed by atoms with Gasteiger partial charge in [-0.2, -0.15) is 0 Å². The van der Waals surface area contributed by atoms with Gasteiger partial charge in [-0.3, -0.25) is 14.5 Å². The number of carbonyl (C=O) groups is 2. The maximum absolute atomic E-state index is 13.4. The maximum atomic E-state index is 13.4. The van der Waals surface area contributed by atoms with Gasteiger partial charge in [0.05, 0.1) is 11.4 Å². The highest BCUT2D eigenvalue weighted by molar-refractivity contribution is 7.10.